The Morgan fingerprint density at radius 1 is 0.970 bits per heavy atom. The standard InChI is InChI=1S/C22H16Cl2N4O4S/c23-14-10-15(24)12-16(11-14)28(33(31,32)17-6-2-1-3-7-17)13-20(29)26-27-21-18-8-4-5-9-19(18)25-22(21)30/h1-12,25,30H,13H2. The van der Waals surface area contributed by atoms with Gasteiger partial charge in [-0.3, -0.25) is 9.10 Å². The zero-order chi connectivity index (χ0) is 23.6. The number of amides is 1. The van der Waals surface area contributed by atoms with E-state index in [9.17, 15) is 18.3 Å². The number of azo groups is 1. The molecule has 4 aromatic rings. The maximum absolute atomic E-state index is 13.3. The minimum atomic E-state index is -4.16. The number of carbonyl (C=O) groups is 1. The maximum Gasteiger partial charge on any atom is 0.285 e. The number of rotatable bonds is 6. The van der Waals surface area contributed by atoms with Crippen LogP contribution in [0.5, 0.6) is 5.88 Å². The monoisotopic (exact) mass is 502 g/mol. The molecule has 8 nitrogen and oxygen atoms in total. The Morgan fingerprint density at radius 2 is 1.61 bits per heavy atom. The highest BCUT2D eigenvalue weighted by molar-refractivity contribution is 7.92. The van der Waals surface area contributed by atoms with Gasteiger partial charge < -0.3 is 10.1 Å². The van der Waals surface area contributed by atoms with Crippen molar-refractivity contribution in [2.75, 3.05) is 10.8 Å². The van der Waals surface area contributed by atoms with Crippen LogP contribution in [0.25, 0.3) is 10.9 Å². The van der Waals surface area contributed by atoms with E-state index in [4.69, 9.17) is 23.2 Å². The predicted molar refractivity (Wildman–Crippen MR) is 127 cm³/mol. The molecule has 0 aliphatic carbocycles. The number of aromatic amines is 1. The van der Waals surface area contributed by atoms with E-state index in [2.05, 4.69) is 15.2 Å². The average Bonchev–Trinajstić information content (AvgIpc) is 3.10. The van der Waals surface area contributed by atoms with Gasteiger partial charge in [-0.1, -0.05) is 59.6 Å². The molecule has 0 radical (unpaired) electrons. The molecular weight excluding hydrogens is 487 g/mol. The Balaban J connectivity index is 1.70. The van der Waals surface area contributed by atoms with Gasteiger partial charge in [0.25, 0.3) is 15.9 Å². The van der Waals surface area contributed by atoms with Crippen molar-refractivity contribution in [1.82, 2.24) is 4.98 Å². The first-order chi connectivity index (χ1) is 15.8. The van der Waals surface area contributed by atoms with Crippen LogP contribution in [0.15, 0.2) is 87.9 Å². The molecule has 0 atom stereocenters. The number of halogens is 2. The van der Waals surface area contributed by atoms with E-state index in [0.717, 1.165) is 4.31 Å². The summed E-state index contributed by atoms with van der Waals surface area (Å²) in [5.41, 5.74) is 0.773. The van der Waals surface area contributed by atoms with Gasteiger partial charge >= 0.3 is 0 Å². The zero-order valence-corrected chi connectivity index (χ0v) is 19.1. The number of fused-ring (bicyclic) bond motifs is 1. The third-order valence-electron chi connectivity index (χ3n) is 4.67. The van der Waals surface area contributed by atoms with Crippen molar-refractivity contribution >= 4 is 61.4 Å². The molecule has 0 fully saturated rings. The minimum Gasteiger partial charge on any atom is -0.493 e. The van der Waals surface area contributed by atoms with E-state index in [0.29, 0.717) is 10.9 Å². The lowest BCUT2D eigenvalue weighted by molar-refractivity contribution is -0.116. The number of para-hydroxylation sites is 1. The molecule has 0 aliphatic rings. The molecule has 1 amide bonds. The second-order valence-electron chi connectivity index (χ2n) is 6.91. The Kier molecular flexibility index (Phi) is 6.37. The van der Waals surface area contributed by atoms with Gasteiger partial charge in [0, 0.05) is 15.4 Å². The summed E-state index contributed by atoms with van der Waals surface area (Å²) >= 11 is 12.1. The van der Waals surface area contributed by atoms with E-state index >= 15 is 0 Å². The first kappa shape index (κ1) is 22.8. The van der Waals surface area contributed by atoms with Crippen LogP contribution in [0.4, 0.5) is 11.4 Å². The average molecular weight is 503 g/mol. The number of aromatic hydroxyl groups is 1. The summed E-state index contributed by atoms with van der Waals surface area (Å²) in [5, 5.41) is 18.5. The number of carbonyl (C=O) groups excluding carboxylic acids is 1. The van der Waals surface area contributed by atoms with Gasteiger partial charge in [0.15, 0.2) is 5.69 Å². The molecule has 0 spiro atoms. The van der Waals surface area contributed by atoms with Crippen molar-refractivity contribution in [3.63, 3.8) is 0 Å². The number of nitrogens with one attached hydrogen (secondary N) is 1. The number of anilines is 1. The van der Waals surface area contributed by atoms with Gasteiger partial charge in [0.05, 0.1) is 16.1 Å². The van der Waals surface area contributed by atoms with Gasteiger partial charge in [-0.2, -0.15) is 0 Å². The van der Waals surface area contributed by atoms with Crippen LogP contribution in [0.1, 0.15) is 0 Å². The van der Waals surface area contributed by atoms with Crippen LogP contribution in [0.3, 0.4) is 0 Å². The summed E-state index contributed by atoms with van der Waals surface area (Å²) in [6.45, 7) is -0.666. The predicted octanol–water partition coefficient (Wildman–Crippen LogP) is 5.69. The topological polar surface area (TPSA) is 115 Å². The van der Waals surface area contributed by atoms with Gasteiger partial charge in [-0.15, -0.1) is 10.2 Å². The maximum atomic E-state index is 13.3. The van der Waals surface area contributed by atoms with Crippen molar-refractivity contribution in [3.05, 3.63) is 82.8 Å². The number of benzene rings is 3. The second kappa shape index (κ2) is 9.22. The fourth-order valence-electron chi connectivity index (χ4n) is 3.19. The molecule has 0 saturated heterocycles. The second-order valence-corrected chi connectivity index (χ2v) is 9.65. The molecule has 4 rings (SSSR count). The molecule has 1 aromatic heterocycles. The summed E-state index contributed by atoms with van der Waals surface area (Å²) in [6.07, 6.45) is 0. The highest BCUT2D eigenvalue weighted by Gasteiger charge is 2.28. The lowest BCUT2D eigenvalue weighted by Crippen LogP contribution is -2.35. The van der Waals surface area contributed by atoms with Crippen molar-refractivity contribution in [1.29, 1.82) is 0 Å². The Labute approximate surface area is 199 Å². The smallest absolute Gasteiger partial charge is 0.285 e. The van der Waals surface area contributed by atoms with Gasteiger partial charge in [0.2, 0.25) is 5.88 Å². The lowest BCUT2D eigenvalue weighted by Gasteiger charge is -2.23. The number of H-pyrrole nitrogens is 1. The van der Waals surface area contributed by atoms with Crippen LogP contribution in [0, 0.1) is 0 Å². The zero-order valence-electron chi connectivity index (χ0n) is 16.8. The van der Waals surface area contributed by atoms with Crippen molar-refractivity contribution < 1.29 is 18.3 Å². The van der Waals surface area contributed by atoms with E-state index in [-0.39, 0.29) is 32.2 Å². The van der Waals surface area contributed by atoms with E-state index in [1.165, 1.54) is 30.3 Å². The molecule has 0 unspecified atom stereocenters. The van der Waals surface area contributed by atoms with Crippen LogP contribution < -0.4 is 4.31 Å². The molecule has 33 heavy (non-hydrogen) atoms. The molecule has 0 aliphatic heterocycles. The van der Waals surface area contributed by atoms with Gasteiger partial charge in [-0.25, -0.2) is 8.42 Å². The van der Waals surface area contributed by atoms with Crippen molar-refractivity contribution in [3.8, 4) is 5.88 Å². The lowest BCUT2D eigenvalue weighted by atomic mass is 10.2. The highest BCUT2D eigenvalue weighted by Crippen LogP contribution is 2.35. The summed E-state index contributed by atoms with van der Waals surface area (Å²) in [6, 6.07) is 18.8. The molecule has 0 saturated carbocycles. The van der Waals surface area contributed by atoms with Gasteiger partial charge in [-0.05, 0) is 36.4 Å². The van der Waals surface area contributed by atoms with Gasteiger partial charge in [0.1, 0.15) is 6.54 Å². The fraction of sp³-hybridized carbons (Fsp3) is 0.0455. The molecule has 0 bridgehead atoms. The van der Waals surface area contributed by atoms with Crippen molar-refractivity contribution in [2.45, 2.75) is 4.90 Å². The number of hydrogen-bond donors (Lipinski definition) is 2. The third kappa shape index (κ3) is 4.85. The molecular formula is C22H16Cl2N4O4S. The number of nitrogens with zero attached hydrogens (tertiary/aromatic N) is 3. The Morgan fingerprint density at radius 3 is 2.30 bits per heavy atom. The van der Waals surface area contributed by atoms with Crippen LogP contribution in [0.2, 0.25) is 10.0 Å². The van der Waals surface area contributed by atoms with Crippen LogP contribution >= 0.6 is 23.2 Å². The highest BCUT2D eigenvalue weighted by atomic mass is 35.5. The summed E-state index contributed by atoms with van der Waals surface area (Å²) < 4.78 is 27.5. The normalized spacial score (nSPS) is 11.8. The van der Waals surface area contributed by atoms with E-state index in [1.54, 1.807) is 42.5 Å². The van der Waals surface area contributed by atoms with Crippen LogP contribution in [-0.2, 0) is 14.8 Å². The number of aromatic nitrogens is 1. The molecule has 168 valence electrons. The fourth-order valence-corrected chi connectivity index (χ4v) is 5.13. The van der Waals surface area contributed by atoms with Crippen molar-refractivity contribution in [2.24, 2.45) is 10.2 Å². The number of sulfonamides is 1. The molecule has 1 heterocycles. The first-order valence-corrected chi connectivity index (χ1v) is 11.7. The SMILES string of the molecule is O=C(CN(c1cc(Cl)cc(Cl)c1)S(=O)(=O)c1ccccc1)N=Nc1c(O)[nH]c2ccccc12. The Hall–Kier alpha value is -3.40. The van der Waals surface area contributed by atoms with E-state index in [1.807, 2.05) is 0 Å². The summed E-state index contributed by atoms with van der Waals surface area (Å²) in [5.74, 6) is -1.13. The first-order valence-electron chi connectivity index (χ1n) is 9.54. The summed E-state index contributed by atoms with van der Waals surface area (Å²) in [7, 11) is -4.16. The molecule has 2 N–H and O–H groups in total. The minimum absolute atomic E-state index is 0.0277. The molecule has 3 aromatic carbocycles. The Bertz CT molecular complexity index is 1450. The van der Waals surface area contributed by atoms with E-state index < -0.39 is 22.5 Å². The third-order valence-corrected chi connectivity index (χ3v) is 6.89. The number of hydrogen-bond acceptors (Lipinski definition) is 5. The van der Waals surface area contributed by atoms with Crippen LogP contribution in [-0.4, -0.2) is 31.0 Å². The largest absolute Gasteiger partial charge is 0.493 e. The molecule has 11 heteroatoms. The summed E-state index contributed by atoms with van der Waals surface area (Å²) in [4.78, 5) is 15.4. The quantitative estimate of drug-likeness (QED) is 0.329.